The van der Waals surface area contributed by atoms with Crippen molar-refractivity contribution in [2.24, 2.45) is 5.92 Å². The molecule has 0 spiro atoms. The number of H-pyrrole nitrogens is 2. The summed E-state index contributed by atoms with van der Waals surface area (Å²) in [6.07, 6.45) is 9.28. The zero-order chi connectivity index (χ0) is 28.6. The van der Waals surface area contributed by atoms with Gasteiger partial charge in [0.25, 0.3) is 0 Å². The van der Waals surface area contributed by atoms with Gasteiger partial charge in [0, 0.05) is 35.3 Å². The number of pyridine rings is 3. The molecule has 42 heavy (non-hydrogen) atoms. The maximum atomic E-state index is 14.2. The molecule has 210 valence electrons. The van der Waals surface area contributed by atoms with Crippen LogP contribution in [-0.4, -0.2) is 54.1 Å². The SMILES string of the molecule is Cc1cc(F)cc(-c2nccc3[nH]c(-c4n[nH]c5cnc(-c6cncc(NC(=O)CC7CCNCC7)c6)cc45)nc23)c1. The van der Waals surface area contributed by atoms with Gasteiger partial charge >= 0.3 is 0 Å². The smallest absolute Gasteiger partial charge is 0.224 e. The Labute approximate surface area is 240 Å². The molecule has 0 unspecified atom stereocenters. The third-order valence-corrected chi connectivity index (χ3v) is 7.64. The minimum Gasteiger partial charge on any atom is -0.336 e. The Morgan fingerprint density at radius 2 is 1.88 bits per heavy atom. The third-order valence-electron chi connectivity index (χ3n) is 7.64. The number of nitrogens with one attached hydrogen (secondary N) is 4. The Hall–Kier alpha value is -5.03. The third kappa shape index (κ3) is 5.10. The van der Waals surface area contributed by atoms with E-state index >= 15 is 0 Å². The van der Waals surface area contributed by atoms with Crippen molar-refractivity contribution in [1.29, 1.82) is 0 Å². The van der Waals surface area contributed by atoms with Crippen LogP contribution in [-0.2, 0) is 4.79 Å². The Bertz CT molecular complexity index is 1920. The molecular formula is C31H28FN9O. The van der Waals surface area contributed by atoms with Crippen molar-refractivity contribution in [3.8, 4) is 34.0 Å². The van der Waals surface area contributed by atoms with Crippen molar-refractivity contribution in [3.05, 3.63) is 72.6 Å². The number of fused-ring (bicyclic) bond motifs is 2. The van der Waals surface area contributed by atoms with Crippen LogP contribution in [0.15, 0.2) is 61.2 Å². The minimum atomic E-state index is -0.321. The predicted octanol–water partition coefficient (Wildman–Crippen LogP) is 5.40. The Morgan fingerprint density at radius 1 is 1.00 bits per heavy atom. The largest absolute Gasteiger partial charge is 0.336 e. The quantitative estimate of drug-likeness (QED) is 0.214. The first-order valence-corrected chi connectivity index (χ1v) is 13.9. The van der Waals surface area contributed by atoms with E-state index in [0.29, 0.717) is 52.0 Å². The van der Waals surface area contributed by atoms with Crippen LogP contribution in [0.25, 0.3) is 56.0 Å². The average molecular weight is 562 g/mol. The van der Waals surface area contributed by atoms with Crippen molar-refractivity contribution < 1.29 is 9.18 Å². The monoisotopic (exact) mass is 561 g/mol. The summed E-state index contributed by atoms with van der Waals surface area (Å²) in [5.41, 5.74) is 6.87. The molecule has 0 bridgehead atoms. The summed E-state index contributed by atoms with van der Waals surface area (Å²) in [4.78, 5) is 34.3. The Kier molecular flexibility index (Phi) is 6.63. The highest BCUT2D eigenvalue weighted by Crippen LogP contribution is 2.32. The summed E-state index contributed by atoms with van der Waals surface area (Å²) >= 11 is 0. The predicted molar refractivity (Wildman–Crippen MR) is 159 cm³/mol. The molecule has 4 N–H and O–H groups in total. The van der Waals surface area contributed by atoms with E-state index in [4.69, 9.17) is 4.98 Å². The number of imidazole rings is 1. The summed E-state index contributed by atoms with van der Waals surface area (Å²) in [7, 11) is 0. The lowest BCUT2D eigenvalue weighted by Crippen LogP contribution is -2.30. The number of carbonyl (C=O) groups excluding carboxylic acids is 1. The van der Waals surface area contributed by atoms with Crippen LogP contribution in [0.2, 0.25) is 0 Å². The lowest BCUT2D eigenvalue weighted by molar-refractivity contribution is -0.117. The molecule has 0 saturated carbocycles. The number of nitrogens with zero attached hydrogens (tertiary/aromatic N) is 5. The first kappa shape index (κ1) is 25.9. The standard InChI is InChI=1S/C31H28FN9O/c1-17-8-19(11-21(32)9-17)28-30-24(4-7-35-28)38-31(39-30)29-23-13-25(36-16-26(23)40-41-29)20-12-22(15-34-14-20)37-27(42)10-18-2-5-33-6-3-18/h4,7-9,11-16,18,33H,2-3,5-6,10H2,1H3,(H,37,42)(H,38,39)(H,40,41). The lowest BCUT2D eigenvalue weighted by atomic mass is 9.94. The number of benzene rings is 1. The second-order valence-corrected chi connectivity index (χ2v) is 10.8. The van der Waals surface area contributed by atoms with Crippen LogP contribution in [0.5, 0.6) is 0 Å². The van der Waals surface area contributed by atoms with Gasteiger partial charge in [0.2, 0.25) is 5.91 Å². The molecule has 1 saturated heterocycles. The molecule has 6 heterocycles. The number of hydrogen-bond donors (Lipinski definition) is 4. The maximum absolute atomic E-state index is 14.2. The fraction of sp³-hybridized carbons (Fsp3) is 0.226. The molecule has 6 aromatic rings. The molecule has 7 rings (SSSR count). The lowest BCUT2D eigenvalue weighted by Gasteiger charge is -2.21. The van der Waals surface area contributed by atoms with Crippen molar-refractivity contribution in [1.82, 2.24) is 40.4 Å². The van der Waals surface area contributed by atoms with E-state index in [0.717, 1.165) is 53.5 Å². The first-order valence-electron chi connectivity index (χ1n) is 13.9. The molecule has 5 aromatic heterocycles. The van der Waals surface area contributed by atoms with Crippen LogP contribution in [0.3, 0.4) is 0 Å². The van der Waals surface area contributed by atoms with Crippen LogP contribution in [0.1, 0.15) is 24.8 Å². The van der Waals surface area contributed by atoms with E-state index in [9.17, 15) is 9.18 Å². The molecule has 1 aliphatic heterocycles. The molecule has 1 amide bonds. The zero-order valence-electron chi connectivity index (χ0n) is 22.9. The molecule has 1 fully saturated rings. The summed E-state index contributed by atoms with van der Waals surface area (Å²) in [6, 6.07) is 10.5. The summed E-state index contributed by atoms with van der Waals surface area (Å²) in [5.74, 6) is 0.619. The Balaban J connectivity index is 1.20. The van der Waals surface area contributed by atoms with Crippen molar-refractivity contribution in [2.45, 2.75) is 26.2 Å². The maximum Gasteiger partial charge on any atom is 0.224 e. The second kappa shape index (κ2) is 10.7. The van der Waals surface area contributed by atoms with Crippen molar-refractivity contribution >= 4 is 33.5 Å². The van der Waals surface area contributed by atoms with E-state index in [2.05, 4.69) is 40.8 Å². The van der Waals surface area contributed by atoms with Gasteiger partial charge in [-0.05, 0) is 80.7 Å². The van der Waals surface area contributed by atoms with Gasteiger partial charge in [0.05, 0.1) is 40.5 Å². The van der Waals surface area contributed by atoms with E-state index in [1.165, 1.54) is 12.1 Å². The number of rotatable bonds is 6. The molecule has 0 atom stereocenters. The molecular weight excluding hydrogens is 533 g/mol. The van der Waals surface area contributed by atoms with Crippen LogP contribution in [0, 0.1) is 18.7 Å². The highest BCUT2D eigenvalue weighted by molar-refractivity contribution is 5.97. The van der Waals surface area contributed by atoms with Crippen molar-refractivity contribution in [3.63, 3.8) is 0 Å². The highest BCUT2D eigenvalue weighted by Gasteiger charge is 2.19. The van der Waals surface area contributed by atoms with Gasteiger partial charge in [0.15, 0.2) is 5.82 Å². The number of piperidine rings is 1. The van der Waals surface area contributed by atoms with E-state index in [-0.39, 0.29) is 11.7 Å². The van der Waals surface area contributed by atoms with Gasteiger partial charge in [-0.1, -0.05) is 0 Å². The number of aromatic nitrogens is 7. The van der Waals surface area contributed by atoms with Gasteiger partial charge in [-0.15, -0.1) is 0 Å². The first-order chi connectivity index (χ1) is 20.5. The molecule has 1 aliphatic rings. The topological polar surface area (TPSA) is 137 Å². The normalized spacial score (nSPS) is 14.0. The summed E-state index contributed by atoms with van der Waals surface area (Å²) in [6.45, 7) is 3.76. The molecule has 10 nitrogen and oxygen atoms in total. The van der Waals surface area contributed by atoms with Crippen LogP contribution in [0.4, 0.5) is 10.1 Å². The van der Waals surface area contributed by atoms with E-state index in [1.807, 2.05) is 31.2 Å². The molecule has 1 aromatic carbocycles. The van der Waals surface area contributed by atoms with Gasteiger partial charge in [0.1, 0.15) is 17.0 Å². The average Bonchev–Trinajstić information content (AvgIpc) is 3.61. The second-order valence-electron chi connectivity index (χ2n) is 10.8. The summed E-state index contributed by atoms with van der Waals surface area (Å²) < 4.78 is 14.2. The van der Waals surface area contributed by atoms with Crippen LogP contribution < -0.4 is 10.6 Å². The summed E-state index contributed by atoms with van der Waals surface area (Å²) in [5, 5.41) is 14.7. The number of halogens is 1. The number of carbonyl (C=O) groups is 1. The fourth-order valence-electron chi connectivity index (χ4n) is 5.60. The number of aromatic amines is 2. The van der Waals surface area contributed by atoms with E-state index < -0.39 is 0 Å². The molecule has 0 radical (unpaired) electrons. The molecule has 0 aliphatic carbocycles. The number of aryl methyl sites for hydroxylation is 1. The van der Waals surface area contributed by atoms with Gasteiger partial charge < -0.3 is 15.6 Å². The van der Waals surface area contributed by atoms with Gasteiger partial charge in [-0.3, -0.25) is 24.8 Å². The number of hydrogen-bond acceptors (Lipinski definition) is 7. The Morgan fingerprint density at radius 3 is 2.74 bits per heavy atom. The van der Waals surface area contributed by atoms with Crippen LogP contribution >= 0.6 is 0 Å². The minimum absolute atomic E-state index is 0.00599. The number of anilines is 1. The molecule has 11 heteroatoms. The van der Waals surface area contributed by atoms with E-state index in [1.54, 1.807) is 24.8 Å². The number of amides is 1. The van der Waals surface area contributed by atoms with Gasteiger partial charge in [-0.2, -0.15) is 5.10 Å². The van der Waals surface area contributed by atoms with Crippen molar-refractivity contribution in [2.75, 3.05) is 18.4 Å². The van der Waals surface area contributed by atoms with Gasteiger partial charge in [-0.25, -0.2) is 9.37 Å². The zero-order valence-corrected chi connectivity index (χ0v) is 22.9. The fourth-order valence-corrected chi connectivity index (χ4v) is 5.60. The highest BCUT2D eigenvalue weighted by atomic mass is 19.1.